The number of carbonyl (C=O) groups excluding carboxylic acids is 3. The molecule has 1 aromatic rings. The number of anilines is 1. The lowest BCUT2D eigenvalue weighted by atomic mass is 10.0. The molecule has 6 N–H and O–H groups in total. The zero-order valence-electron chi connectivity index (χ0n) is 17.3. The van der Waals surface area contributed by atoms with Crippen molar-refractivity contribution >= 4 is 56.2 Å². The zero-order valence-corrected chi connectivity index (χ0v) is 19.0. The number of nitrogen functional groups attached to an aromatic ring is 1. The molecule has 0 spiro atoms. The van der Waals surface area contributed by atoms with E-state index in [4.69, 9.17) is 20.2 Å². The fraction of sp³-hybridized carbons (Fsp3) is 0.467. The molecule has 2 rings (SSSR count). The van der Waals surface area contributed by atoms with Gasteiger partial charge in [-0.2, -0.15) is 8.42 Å². The standard InChI is InChI=1S/C15H20N6O10S2/c1-6-9(12(25)21(6)33(27,28)29)18-11(24)10(7-5-32-14(16)17-7)19-31-15(2,3)13(26)20-30-4-8(22)23/h5-6,9H,4H2,1-3H3,(H2,16,17)(H,18,24)(H,20,26)(H,22,23)(H,27,28,29)/b19-10-/t6-,9-/m0/s1. The molecule has 2 atom stereocenters. The Morgan fingerprint density at radius 2 is 2.03 bits per heavy atom. The summed E-state index contributed by atoms with van der Waals surface area (Å²) in [6.07, 6.45) is 0. The molecule has 1 aliphatic rings. The van der Waals surface area contributed by atoms with Crippen LogP contribution in [0.4, 0.5) is 5.13 Å². The van der Waals surface area contributed by atoms with Gasteiger partial charge in [0.1, 0.15) is 11.7 Å². The van der Waals surface area contributed by atoms with Crippen LogP contribution in [0.15, 0.2) is 10.5 Å². The number of nitrogens with one attached hydrogen (secondary N) is 2. The number of carboxylic acid groups (broad SMARTS) is 1. The number of aliphatic carboxylic acids is 1. The molecule has 182 valence electrons. The molecule has 0 radical (unpaired) electrons. The Hall–Kier alpha value is -3.35. The van der Waals surface area contributed by atoms with Gasteiger partial charge in [0.25, 0.3) is 17.7 Å². The molecule has 0 aliphatic carbocycles. The highest BCUT2D eigenvalue weighted by atomic mass is 32.2. The first kappa shape index (κ1) is 25.9. The number of nitrogens with zero attached hydrogens (tertiary/aromatic N) is 3. The summed E-state index contributed by atoms with van der Waals surface area (Å²) in [5, 5.41) is 15.8. The smallest absolute Gasteiger partial charge is 0.362 e. The van der Waals surface area contributed by atoms with Crippen LogP contribution in [0.5, 0.6) is 0 Å². The van der Waals surface area contributed by atoms with E-state index in [0.717, 1.165) is 11.3 Å². The van der Waals surface area contributed by atoms with E-state index in [0.29, 0.717) is 0 Å². The number of aromatic nitrogens is 1. The van der Waals surface area contributed by atoms with Crippen molar-refractivity contribution in [2.24, 2.45) is 5.16 Å². The van der Waals surface area contributed by atoms with Crippen molar-refractivity contribution in [1.82, 2.24) is 20.1 Å². The minimum absolute atomic E-state index is 0.0650. The second-order valence-electron chi connectivity index (χ2n) is 7.03. The van der Waals surface area contributed by atoms with Crippen LogP contribution in [0.2, 0.25) is 0 Å². The van der Waals surface area contributed by atoms with E-state index in [1.54, 1.807) is 0 Å². The summed E-state index contributed by atoms with van der Waals surface area (Å²) in [7, 11) is -4.80. The number of hydrogen-bond donors (Lipinski definition) is 5. The normalized spacial score (nSPS) is 19.0. The van der Waals surface area contributed by atoms with Crippen LogP contribution >= 0.6 is 11.3 Å². The minimum Gasteiger partial charge on any atom is -0.479 e. The molecule has 0 aromatic carbocycles. The first-order valence-electron chi connectivity index (χ1n) is 8.88. The van der Waals surface area contributed by atoms with Gasteiger partial charge in [0.2, 0.25) is 5.60 Å². The fourth-order valence-electron chi connectivity index (χ4n) is 2.40. The van der Waals surface area contributed by atoms with Crippen molar-refractivity contribution < 1.29 is 46.9 Å². The average Bonchev–Trinajstić information content (AvgIpc) is 3.10. The van der Waals surface area contributed by atoms with Crippen molar-refractivity contribution in [3.63, 3.8) is 0 Å². The summed E-state index contributed by atoms with van der Waals surface area (Å²) in [5.41, 5.74) is 5.10. The van der Waals surface area contributed by atoms with Crippen LogP contribution in [0, 0.1) is 0 Å². The third-order valence-corrected chi connectivity index (χ3v) is 5.81. The van der Waals surface area contributed by atoms with E-state index in [1.165, 1.54) is 26.2 Å². The number of thiazole rings is 1. The molecule has 1 fully saturated rings. The van der Waals surface area contributed by atoms with E-state index in [9.17, 15) is 27.6 Å². The van der Waals surface area contributed by atoms with E-state index < -0.39 is 64.0 Å². The van der Waals surface area contributed by atoms with Crippen molar-refractivity contribution in [1.29, 1.82) is 0 Å². The van der Waals surface area contributed by atoms with Crippen LogP contribution in [0.1, 0.15) is 26.5 Å². The van der Waals surface area contributed by atoms with Crippen molar-refractivity contribution in [2.75, 3.05) is 12.3 Å². The third kappa shape index (κ3) is 6.12. The molecular formula is C15H20N6O10S2. The first-order chi connectivity index (χ1) is 15.1. The predicted molar refractivity (Wildman–Crippen MR) is 110 cm³/mol. The molecular weight excluding hydrogens is 488 g/mol. The number of carbonyl (C=O) groups is 4. The average molecular weight is 508 g/mol. The van der Waals surface area contributed by atoms with Crippen LogP contribution in [0.3, 0.4) is 0 Å². The maximum absolute atomic E-state index is 12.8. The Labute approximate surface area is 190 Å². The zero-order chi connectivity index (χ0) is 25.1. The van der Waals surface area contributed by atoms with Crippen molar-refractivity contribution in [3.05, 3.63) is 11.1 Å². The summed E-state index contributed by atoms with van der Waals surface area (Å²) in [6.45, 7) is 2.94. The fourth-order valence-corrected chi connectivity index (χ4v) is 3.83. The van der Waals surface area contributed by atoms with Gasteiger partial charge >= 0.3 is 16.3 Å². The quantitative estimate of drug-likeness (QED) is 0.0985. The summed E-state index contributed by atoms with van der Waals surface area (Å²) in [5.74, 6) is -4.36. The van der Waals surface area contributed by atoms with Crippen LogP contribution in [-0.4, -0.2) is 81.1 Å². The molecule has 0 saturated carbocycles. The molecule has 18 heteroatoms. The van der Waals surface area contributed by atoms with Gasteiger partial charge in [-0.3, -0.25) is 23.8 Å². The number of carboxylic acids is 1. The van der Waals surface area contributed by atoms with Gasteiger partial charge in [-0.15, -0.1) is 11.3 Å². The maximum Gasteiger partial charge on any atom is 0.362 e. The molecule has 16 nitrogen and oxygen atoms in total. The number of oxime groups is 1. The van der Waals surface area contributed by atoms with Gasteiger partial charge in [-0.1, -0.05) is 5.16 Å². The summed E-state index contributed by atoms with van der Waals surface area (Å²) in [6, 6.07) is -2.39. The molecule has 2 heterocycles. The highest BCUT2D eigenvalue weighted by Crippen LogP contribution is 2.23. The lowest BCUT2D eigenvalue weighted by molar-refractivity contribution is -0.161. The Bertz CT molecular complexity index is 1100. The van der Waals surface area contributed by atoms with E-state index in [2.05, 4.69) is 20.3 Å². The first-order valence-corrected chi connectivity index (χ1v) is 11.2. The van der Waals surface area contributed by atoms with Gasteiger partial charge in [0, 0.05) is 5.38 Å². The molecule has 0 bridgehead atoms. The summed E-state index contributed by atoms with van der Waals surface area (Å²) in [4.78, 5) is 60.9. The summed E-state index contributed by atoms with van der Waals surface area (Å²) >= 11 is 0.955. The highest BCUT2D eigenvalue weighted by Gasteiger charge is 2.51. The molecule has 33 heavy (non-hydrogen) atoms. The largest absolute Gasteiger partial charge is 0.479 e. The van der Waals surface area contributed by atoms with Gasteiger partial charge < -0.3 is 21.0 Å². The Morgan fingerprint density at radius 3 is 2.52 bits per heavy atom. The van der Waals surface area contributed by atoms with Gasteiger partial charge in [0.15, 0.2) is 17.5 Å². The lowest BCUT2D eigenvalue weighted by Gasteiger charge is -2.42. The van der Waals surface area contributed by atoms with E-state index >= 15 is 0 Å². The van der Waals surface area contributed by atoms with Crippen molar-refractivity contribution in [2.45, 2.75) is 38.5 Å². The minimum atomic E-state index is -4.80. The molecule has 1 aromatic heterocycles. The number of amides is 3. The monoisotopic (exact) mass is 508 g/mol. The molecule has 1 aliphatic heterocycles. The van der Waals surface area contributed by atoms with Gasteiger partial charge in [-0.05, 0) is 20.8 Å². The Kier molecular flexibility index (Phi) is 7.57. The number of hydroxylamine groups is 1. The highest BCUT2D eigenvalue weighted by molar-refractivity contribution is 7.84. The maximum atomic E-state index is 12.8. The SMILES string of the molecule is C[C@H]1[C@H](NC(=O)/C(=N\OC(C)(C)C(=O)NOCC(=O)O)c2csc(N)n2)C(=O)N1S(=O)(=O)O. The second kappa shape index (κ2) is 9.65. The Balaban J connectivity index is 2.19. The number of hydrogen-bond acceptors (Lipinski definition) is 12. The topological polar surface area (TPSA) is 240 Å². The second-order valence-corrected chi connectivity index (χ2v) is 9.21. The van der Waals surface area contributed by atoms with Crippen molar-refractivity contribution in [3.8, 4) is 0 Å². The molecule has 0 unspecified atom stereocenters. The van der Waals surface area contributed by atoms with Crippen LogP contribution in [0.25, 0.3) is 0 Å². The van der Waals surface area contributed by atoms with E-state index in [-0.39, 0.29) is 15.1 Å². The summed E-state index contributed by atoms with van der Waals surface area (Å²) < 4.78 is 31.7. The number of nitrogens with two attached hydrogens (primary N) is 1. The third-order valence-electron chi connectivity index (χ3n) is 4.12. The van der Waals surface area contributed by atoms with Crippen LogP contribution in [-0.2, 0) is 39.2 Å². The number of β-lactam (4-membered cyclic amide) rings is 1. The van der Waals surface area contributed by atoms with Crippen LogP contribution < -0.4 is 16.5 Å². The molecule has 1 saturated heterocycles. The number of rotatable bonds is 10. The lowest BCUT2D eigenvalue weighted by Crippen LogP contribution is -2.71. The van der Waals surface area contributed by atoms with Gasteiger partial charge in [0.05, 0.1) is 6.04 Å². The van der Waals surface area contributed by atoms with Gasteiger partial charge in [-0.25, -0.2) is 19.6 Å². The predicted octanol–water partition coefficient (Wildman–Crippen LogP) is -2.12. The Morgan fingerprint density at radius 1 is 1.39 bits per heavy atom. The molecule has 3 amide bonds. The van der Waals surface area contributed by atoms with E-state index in [1.807, 2.05) is 5.48 Å².